The molecule has 2 N–H and O–H groups in total. The number of fused-ring (bicyclic) bond motifs is 1. The van der Waals surface area contributed by atoms with E-state index in [1.165, 1.54) is 19.2 Å². The summed E-state index contributed by atoms with van der Waals surface area (Å²) in [4.78, 5) is 22.1. The first kappa shape index (κ1) is 10.2. The Labute approximate surface area is 90.8 Å². The number of carbonyl (C=O) groups excluding carboxylic acids is 2. The second-order valence-corrected chi connectivity index (χ2v) is 3.22. The monoisotopic (exact) mass is 219 g/mol. The Morgan fingerprint density at radius 1 is 1.31 bits per heavy atom. The minimum atomic E-state index is -0.643. The molecule has 0 fully saturated rings. The van der Waals surface area contributed by atoms with E-state index >= 15 is 0 Å². The summed E-state index contributed by atoms with van der Waals surface area (Å²) in [6, 6.07) is 6.29. The van der Waals surface area contributed by atoms with E-state index in [1.807, 2.05) is 0 Å². The third-order valence-corrected chi connectivity index (χ3v) is 2.18. The van der Waals surface area contributed by atoms with Crippen molar-refractivity contribution in [2.75, 3.05) is 7.11 Å². The quantitative estimate of drug-likeness (QED) is 0.772. The first-order valence-electron chi connectivity index (χ1n) is 4.53. The second-order valence-electron chi connectivity index (χ2n) is 3.22. The molecule has 1 aromatic heterocycles. The van der Waals surface area contributed by atoms with Crippen LogP contribution in [0.5, 0.6) is 0 Å². The van der Waals surface area contributed by atoms with Gasteiger partial charge in [-0.3, -0.25) is 4.79 Å². The maximum absolute atomic E-state index is 11.2. The van der Waals surface area contributed by atoms with Crippen LogP contribution in [0.25, 0.3) is 11.0 Å². The van der Waals surface area contributed by atoms with E-state index in [2.05, 4.69) is 4.74 Å². The SMILES string of the molecule is COC(=O)c1ccc2cc(C(N)=O)oc2c1. The van der Waals surface area contributed by atoms with Crippen molar-refractivity contribution < 1.29 is 18.7 Å². The number of primary amides is 1. The first-order valence-corrected chi connectivity index (χ1v) is 4.53. The van der Waals surface area contributed by atoms with Crippen LogP contribution in [0.1, 0.15) is 20.9 Å². The lowest BCUT2D eigenvalue weighted by molar-refractivity contribution is 0.0600. The van der Waals surface area contributed by atoms with Crippen LogP contribution in [0.15, 0.2) is 28.7 Å². The molecule has 1 aromatic carbocycles. The van der Waals surface area contributed by atoms with Gasteiger partial charge in [-0.1, -0.05) is 6.07 Å². The maximum atomic E-state index is 11.2. The summed E-state index contributed by atoms with van der Waals surface area (Å²) in [5.74, 6) is -1.04. The summed E-state index contributed by atoms with van der Waals surface area (Å²) in [6.07, 6.45) is 0. The fourth-order valence-corrected chi connectivity index (χ4v) is 1.40. The summed E-state index contributed by atoms with van der Waals surface area (Å²) in [7, 11) is 1.30. The molecule has 82 valence electrons. The molecule has 0 aliphatic carbocycles. The Balaban J connectivity index is 2.53. The molecule has 0 aliphatic heterocycles. The summed E-state index contributed by atoms with van der Waals surface area (Å²) >= 11 is 0. The molecule has 0 aliphatic rings. The summed E-state index contributed by atoms with van der Waals surface area (Å²) in [6.45, 7) is 0. The number of amides is 1. The minimum Gasteiger partial charge on any atom is -0.465 e. The van der Waals surface area contributed by atoms with Gasteiger partial charge >= 0.3 is 5.97 Å². The number of methoxy groups -OCH3 is 1. The van der Waals surface area contributed by atoms with Crippen LogP contribution in [-0.4, -0.2) is 19.0 Å². The molecule has 0 spiro atoms. The number of benzene rings is 1. The molecule has 0 bridgehead atoms. The largest absolute Gasteiger partial charge is 0.465 e. The van der Waals surface area contributed by atoms with Crippen molar-refractivity contribution >= 4 is 22.8 Å². The van der Waals surface area contributed by atoms with Gasteiger partial charge in [0.15, 0.2) is 5.76 Å². The van der Waals surface area contributed by atoms with Gasteiger partial charge in [0.1, 0.15) is 5.58 Å². The number of furan rings is 1. The van der Waals surface area contributed by atoms with Crippen molar-refractivity contribution in [3.8, 4) is 0 Å². The van der Waals surface area contributed by atoms with Gasteiger partial charge in [-0.15, -0.1) is 0 Å². The van der Waals surface area contributed by atoms with Gasteiger partial charge in [0.05, 0.1) is 12.7 Å². The van der Waals surface area contributed by atoms with Gasteiger partial charge in [-0.2, -0.15) is 0 Å². The Morgan fingerprint density at radius 2 is 2.06 bits per heavy atom. The summed E-state index contributed by atoms with van der Waals surface area (Å²) in [5, 5.41) is 0.710. The van der Waals surface area contributed by atoms with Crippen molar-refractivity contribution in [3.63, 3.8) is 0 Å². The van der Waals surface area contributed by atoms with Crippen LogP contribution in [0, 0.1) is 0 Å². The van der Waals surface area contributed by atoms with Crippen molar-refractivity contribution in [2.24, 2.45) is 5.73 Å². The highest BCUT2D eigenvalue weighted by Crippen LogP contribution is 2.20. The fraction of sp³-hybridized carbons (Fsp3) is 0.0909. The van der Waals surface area contributed by atoms with E-state index in [9.17, 15) is 9.59 Å². The molecule has 0 saturated heterocycles. The third-order valence-electron chi connectivity index (χ3n) is 2.18. The van der Waals surface area contributed by atoms with Gasteiger partial charge in [-0.05, 0) is 18.2 Å². The average Bonchev–Trinajstić information content (AvgIpc) is 2.70. The van der Waals surface area contributed by atoms with Crippen LogP contribution in [0.4, 0.5) is 0 Å². The number of hydrogen-bond donors (Lipinski definition) is 1. The number of esters is 1. The van der Waals surface area contributed by atoms with Crippen molar-refractivity contribution in [3.05, 3.63) is 35.6 Å². The van der Waals surface area contributed by atoms with Gasteiger partial charge in [-0.25, -0.2) is 4.79 Å². The van der Waals surface area contributed by atoms with Gasteiger partial charge in [0, 0.05) is 5.39 Å². The number of nitrogens with two attached hydrogens (primary N) is 1. The van der Waals surface area contributed by atoms with E-state index in [0.717, 1.165) is 0 Å². The first-order chi connectivity index (χ1) is 7.61. The highest BCUT2D eigenvalue weighted by Gasteiger charge is 2.11. The summed E-state index contributed by atoms with van der Waals surface area (Å²) < 4.78 is 9.75. The highest BCUT2D eigenvalue weighted by atomic mass is 16.5. The number of ether oxygens (including phenoxy) is 1. The van der Waals surface area contributed by atoms with Gasteiger partial charge in [0.2, 0.25) is 0 Å². The fourth-order valence-electron chi connectivity index (χ4n) is 1.40. The molecule has 0 unspecified atom stereocenters. The number of carbonyl (C=O) groups is 2. The average molecular weight is 219 g/mol. The van der Waals surface area contributed by atoms with Crippen molar-refractivity contribution in [1.29, 1.82) is 0 Å². The standard InChI is InChI=1S/C11H9NO4/c1-15-11(14)7-3-2-6-4-9(10(12)13)16-8(6)5-7/h2-5H,1H3,(H2,12,13). The molecule has 0 radical (unpaired) electrons. The lowest BCUT2D eigenvalue weighted by atomic mass is 10.2. The Morgan fingerprint density at radius 3 is 2.69 bits per heavy atom. The van der Waals surface area contributed by atoms with Crippen LogP contribution in [0.3, 0.4) is 0 Å². The molecule has 0 saturated carbocycles. The van der Waals surface area contributed by atoms with Crippen LogP contribution in [-0.2, 0) is 4.74 Å². The molecule has 0 atom stereocenters. The van der Waals surface area contributed by atoms with Gasteiger partial charge < -0.3 is 14.9 Å². The number of rotatable bonds is 2. The number of hydrogen-bond acceptors (Lipinski definition) is 4. The highest BCUT2D eigenvalue weighted by molar-refractivity contribution is 5.97. The lowest BCUT2D eigenvalue weighted by Crippen LogP contribution is -2.08. The van der Waals surface area contributed by atoms with Crippen LogP contribution in [0.2, 0.25) is 0 Å². The molecule has 1 amide bonds. The van der Waals surface area contributed by atoms with Crippen LogP contribution < -0.4 is 5.73 Å². The normalized spacial score (nSPS) is 10.3. The molecular weight excluding hydrogens is 210 g/mol. The van der Waals surface area contributed by atoms with E-state index < -0.39 is 11.9 Å². The van der Waals surface area contributed by atoms with E-state index in [4.69, 9.17) is 10.2 Å². The predicted octanol–water partition coefficient (Wildman–Crippen LogP) is 1.32. The van der Waals surface area contributed by atoms with E-state index in [1.54, 1.807) is 12.1 Å². The molecule has 16 heavy (non-hydrogen) atoms. The van der Waals surface area contributed by atoms with Crippen molar-refractivity contribution in [1.82, 2.24) is 0 Å². The van der Waals surface area contributed by atoms with E-state index in [-0.39, 0.29) is 5.76 Å². The molecule has 5 heteroatoms. The van der Waals surface area contributed by atoms with Crippen LogP contribution >= 0.6 is 0 Å². The predicted molar refractivity (Wildman–Crippen MR) is 56.1 cm³/mol. The molecule has 2 aromatic rings. The zero-order chi connectivity index (χ0) is 11.7. The van der Waals surface area contributed by atoms with Gasteiger partial charge in [0.25, 0.3) is 5.91 Å². The molecule has 5 nitrogen and oxygen atoms in total. The Kier molecular flexibility index (Phi) is 2.36. The third kappa shape index (κ3) is 1.63. The topological polar surface area (TPSA) is 82.5 Å². The maximum Gasteiger partial charge on any atom is 0.337 e. The van der Waals surface area contributed by atoms with Crippen molar-refractivity contribution in [2.45, 2.75) is 0 Å². The minimum absolute atomic E-state index is 0.0667. The Hall–Kier alpha value is -2.30. The zero-order valence-electron chi connectivity index (χ0n) is 8.52. The molecular formula is C11H9NO4. The molecule has 1 heterocycles. The Bertz CT molecular complexity index is 570. The lowest BCUT2D eigenvalue weighted by Gasteiger charge is -1.97. The molecule has 2 rings (SSSR count). The zero-order valence-corrected chi connectivity index (χ0v) is 8.52. The van der Waals surface area contributed by atoms with E-state index in [0.29, 0.717) is 16.5 Å². The smallest absolute Gasteiger partial charge is 0.337 e. The summed E-state index contributed by atoms with van der Waals surface area (Å²) in [5.41, 5.74) is 5.87. The second kappa shape index (κ2) is 3.69.